The van der Waals surface area contributed by atoms with Gasteiger partial charge in [0.05, 0.1) is 12.1 Å². The van der Waals surface area contributed by atoms with Gasteiger partial charge in [-0.05, 0) is 20.3 Å². The Morgan fingerprint density at radius 2 is 1.92 bits per heavy atom. The van der Waals surface area contributed by atoms with Crippen LogP contribution in [0, 0.1) is 0 Å². The van der Waals surface area contributed by atoms with Gasteiger partial charge < -0.3 is 10.0 Å². The smallest absolute Gasteiger partial charge is 0.250 e. The number of amides is 1. The summed E-state index contributed by atoms with van der Waals surface area (Å²) in [5.41, 5.74) is -1.95. The fourth-order valence-electron chi connectivity index (χ4n) is 3.60. The molecule has 1 atom stereocenters. The molecule has 0 aliphatic carbocycles. The predicted octanol–water partition coefficient (Wildman–Crippen LogP) is 0.708. The number of carbonyl (C=O) groups is 1. The molecule has 7 nitrogen and oxygen atoms in total. The summed E-state index contributed by atoms with van der Waals surface area (Å²) in [6, 6.07) is 0. The minimum Gasteiger partial charge on any atom is -0.387 e. The van der Waals surface area contributed by atoms with Crippen molar-refractivity contribution >= 4 is 5.91 Å². The number of nitrogens with zero attached hydrogens (tertiary/aromatic N) is 5. The Bertz CT molecular complexity index is 612. The average Bonchev–Trinajstić information content (AvgIpc) is 3.19. The van der Waals surface area contributed by atoms with E-state index in [-0.39, 0.29) is 38.4 Å². The normalized spacial score (nSPS) is 27.6. The van der Waals surface area contributed by atoms with Crippen LogP contribution in [0.5, 0.6) is 0 Å². The van der Waals surface area contributed by atoms with Gasteiger partial charge in [0.15, 0.2) is 0 Å². The monoisotopic (exact) mass is 357 g/mol. The molecule has 0 saturated carbocycles. The lowest BCUT2D eigenvalue weighted by Crippen LogP contribution is -2.51. The van der Waals surface area contributed by atoms with Gasteiger partial charge in [0.2, 0.25) is 5.91 Å². The fraction of sp³-hybridized carbons (Fsp3) is 0.812. The van der Waals surface area contributed by atoms with Crippen LogP contribution in [-0.4, -0.2) is 79.8 Å². The minimum atomic E-state index is -2.60. The Kier molecular flexibility index (Phi) is 4.57. The van der Waals surface area contributed by atoms with Crippen LogP contribution in [0.15, 0.2) is 12.7 Å². The molecular weight excluding hydrogens is 332 g/mol. The molecule has 2 aliphatic rings. The summed E-state index contributed by atoms with van der Waals surface area (Å²) < 4.78 is 28.0. The van der Waals surface area contributed by atoms with Crippen molar-refractivity contribution in [3.8, 4) is 0 Å². The Morgan fingerprint density at radius 1 is 1.24 bits per heavy atom. The first-order valence-corrected chi connectivity index (χ1v) is 8.58. The van der Waals surface area contributed by atoms with E-state index in [2.05, 4.69) is 10.1 Å². The van der Waals surface area contributed by atoms with E-state index >= 15 is 0 Å². The van der Waals surface area contributed by atoms with E-state index in [9.17, 15) is 18.7 Å². The van der Waals surface area contributed by atoms with Crippen LogP contribution in [0.3, 0.4) is 0 Å². The van der Waals surface area contributed by atoms with Crippen molar-refractivity contribution in [2.45, 2.75) is 50.2 Å². The summed E-state index contributed by atoms with van der Waals surface area (Å²) in [5, 5.41) is 14.9. The largest absolute Gasteiger partial charge is 0.387 e. The van der Waals surface area contributed by atoms with E-state index in [1.165, 1.54) is 17.3 Å². The molecule has 1 aromatic heterocycles. The Hall–Kier alpha value is -1.61. The summed E-state index contributed by atoms with van der Waals surface area (Å²) in [7, 11) is 0. The molecule has 2 aliphatic heterocycles. The fourth-order valence-corrected chi connectivity index (χ4v) is 3.60. The molecule has 0 aromatic carbocycles. The third kappa shape index (κ3) is 3.82. The van der Waals surface area contributed by atoms with Gasteiger partial charge in [0.25, 0.3) is 5.92 Å². The molecule has 0 radical (unpaired) electrons. The van der Waals surface area contributed by atoms with Crippen molar-refractivity contribution < 1.29 is 18.7 Å². The molecule has 1 N–H and O–H groups in total. The van der Waals surface area contributed by atoms with Crippen molar-refractivity contribution in [1.29, 1.82) is 0 Å². The zero-order chi connectivity index (χ0) is 18.3. The second kappa shape index (κ2) is 6.28. The average molecular weight is 357 g/mol. The number of likely N-dealkylation sites (tertiary alicyclic amines) is 2. The number of halogens is 2. The second-order valence-corrected chi connectivity index (χ2v) is 7.73. The molecule has 3 heterocycles. The van der Waals surface area contributed by atoms with Crippen molar-refractivity contribution in [2.75, 3.05) is 32.7 Å². The van der Waals surface area contributed by atoms with Crippen molar-refractivity contribution in [3.63, 3.8) is 0 Å². The first-order chi connectivity index (χ1) is 11.6. The van der Waals surface area contributed by atoms with Gasteiger partial charge in [-0.25, -0.2) is 18.4 Å². The lowest BCUT2D eigenvalue weighted by molar-refractivity contribution is -0.140. The zero-order valence-corrected chi connectivity index (χ0v) is 14.7. The number of carbonyl (C=O) groups excluding carboxylic acids is 1. The highest BCUT2D eigenvalue weighted by molar-refractivity contribution is 5.84. The predicted molar refractivity (Wildman–Crippen MR) is 86.1 cm³/mol. The minimum absolute atomic E-state index is 0.140. The molecule has 0 spiro atoms. The maximum Gasteiger partial charge on any atom is 0.250 e. The molecule has 25 heavy (non-hydrogen) atoms. The van der Waals surface area contributed by atoms with Crippen LogP contribution in [0.1, 0.15) is 33.1 Å². The standard InChI is InChI=1S/C16H25F2N5O2/c1-14(2,23-12-19-11-20-23)13(24)22-8-3-15(25,10-22)9-21-6-4-16(17,18)5-7-21/h11-12,25H,3-10H2,1-2H3/t15-/m0/s1. The lowest BCUT2D eigenvalue weighted by atomic mass is 9.99. The second-order valence-electron chi connectivity index (χ2n) is 7.73. The summed E-state index contributed by atoms with van der Waals surface area (Å²) in [6.07, 6.45) is 2.96. The quantitative estimate of drug-likeness (QED) is 0.859. The van der Waals surface area contributed by atoms with Gasteiger partial charge >= 0.3 is 0 Å². The van der Waals surface area contributed by atoms with E-state index < -0.39 is 17.1 Å². The molecule has 2 fully saturated rings. The van der Waals surface area contributed by atoms with Gasteiger partial charge in [-0.3, -0.25) is 9.69 Å². The summed E-state index contributed by atoms with van der Waals surface area (Å²) in [6.45, 7) is 5.02. The highest BCUT2D eigenvalue weighted by Crippen LogP contribution is 2.31. The number of β-amino-alcohol motifs (C(OH)–C–C–N with tert-alkyl or cyclic N) is 1. The molecular formula is C16H25F2N5O2. The van der Waals surface area contributed by atoms with Gasteiger partial charge in [-0.1, -0.05) is 0 Å². The number of hydrogen-bond donors (Lipinski definition) is 1. The molecule has 0 bridgehead atoms. The highest BCUT2D eigenvalue weighted by Gasteiger charge is 2.45. The molecule has 9 heteroatoms. The van der Waals surface area contributed by atoms with Crippen LogP contribution in [0.2, 0.25) is 0 Å². The molecule has 1 aromatic rings. The Morgan fingerprint density at radius 3 is 2.52 bits per heavy atom. The number of alkyl halides is 2. The first kappa shape index (κ1) is 18.2. The number of aromatic nitrogens is 3. The molecule has 2 saturated heterocycles. The van der Waals surface area contributed by atoms with E-state index in [0.29, 0.717) is 19.5 Å². The molecule has 0 unspecified atom stereocenters. The van der Waals surface area contributed by atoms with Crippen molar-refractivity contribution in [2.24, 2.45) is 0 Å². The van der Waals surface area contributed by atoms with Gasteiger partial charge in [-0.15, -0.1) is 0 Å². The molecule has 140 valence electrons. The van der Waals surface area contributed by atoms with Crippen LogP contribution < -0.4 is 0 Å². The third-order valence-electron chi connectivity index (χ3n) is 5.24. The number of piperidine rings is 1. The maximum absolute atomic E-state index is 13.3. The topological polar surface area (TPSA) is 74.5 Å². The number of rotatable bonds is 4. The van der Waals surface area contributed by atoms with Crippen molar-refractivity contribution in [3.05, 3.63) is 12.7 Å². The van der Waals surface area contributed by atoms with E-state index in [4.69, 9.17) is 0 Å². The van der Waals surface area contributed by atoms with Crippen molar-refractivity contribution in [1.82, 2.24) is 24.6 Å². The lowest BCUT2D eigenvalue weighted by Gasteiger charge is -2.36. The van der Waals surface area contributed by atoms with E-state index in [0.717, 1.165) is 0 Å². The summed E-state index contributed by atoms with van der Waals surface area (Å²) in [4.78, 5) is 20.2. The third-order valence-corrected chi connectivity index (χ3v) is 5.24. The Balaban J connectivity index is 1.60. The van der Waals surface area contributed by atoms with Crippen LogP contribution >= 0.6 is 0 Å². The number of hydrogen-bond acceptors (Lipinski definition) is 5. The Labute approximate surface area is 145 Å². The van der Waals surface area contributed by atoms with Gasteiger partial charge in [-0.2, -0.15) is 5.10 Å². The number of aliphatic hydroxyl groups is 1. The summed E-state index contributed by atoms with van der Waals surface area (Å²) in [5.74, 6) is -2.74. The van der Waals surface area contributed by atoms with Crippen LogP contribution in [0.25, 0.3) is 0 Å². The first-order valence-electron chi connectivity index (χ1n) is 8.58. The van der Waals surface area contributed by atoms with Crippen LogP contribution in [-0.2, 0) is 10.3 Å². The van der Waals surface area contributed by atoms with Gasteiger partial charge in [0, 0.05) is 39.0 Å². The molecule has 1 amide bonds. The van der Waals surface area contributed by atoms with E-state index in [1.807, 2.05) is 4.90 Å². The highest BCUT2D eigenvalue weighted by atomic mass is 19.3. The maximum atomic E-state index is 13.3. The van der Waals surface area contributed by atoms with Crippen LogP contribution in [0.4, 0.5) is 8.78 Å². The van der Waals surface area contributed by atoms with E-state index in [1.54, 1.807) is 18.7 Å². The zero-order valence-electron chi connectivity index (χ0n) is 14.7. The van der Waals surface area contributed by atoms with Gasteiger partial charge in [0.1, 0.15) is 18.2 Å². The summed E-state index contributed by atoms with van der Waals surface area (Å²) >= 11 is 0. The molecule has 3 rings (SSSR count). The SMILES string of the molecule is CC(C)(C(=O)N1CC[C@](O)(CN2CCC(F)(F)CC2)C1)n1cncn1.